The normalized spacial score (nSPS) is 35.4. The first-order valence-corrected chi connectivity index (χ1v) is 6.89. The van der Waals surface area contributed by atoms with Crippen molar-refractivity contribution >= 4 is 0 Å². The van der Waals surface area contributed by atoms with Crippen molar-refractivity contribution in [2.24, 2.45) is 11.3 Å². The molecule has 1 saturated heterocycles. The fourth-order valence-electron chi connectivity index (χ4n) is 3.03. The summed E-state index contributed by atoms with van der Waals surface area (Å²) in [5.74, 6) is 0.288. The molecular weight excluding hydrogens is 257 g/mol. The van der Waals surface area contributed by atoms with Gasteiger partial charge in [0.05, 0.1) is 12.6 Å². The molecule has 2 fully saturated rings. The van der Waals surface area contributed by atoms with Crippen molar-refractivity contribution in [3.05, 3.63) is 0 Å². The maximum Gasteiger partial charge on any atom is 0.401 e. The maximum absolute atomic E-state index is 12.3. The zero-order valence-corrected chi connectivity index (χ0v) is 11.5. The molecule has 1 aliphatic heterocycles. The summed E-state index contributed by atoms with van der Waals surface area (Å²) in [6.45, 7) is 5.03. The number of nitrogens with zero attached hydrogens (tertiary/aromatic N) is 1. The standard InChI is InChI=1S/C13H23F3N2O/c1-12(2)10(5-11(12)19)17-6-9-3-4-18(7-9)8-13(14,15)16/h9-11,17,19H,3-8H2,1-2H3. The van der Waals surface area contributed by atoms with E-state index in [0.717, 1.165) is 19.4 Å². The Morgan fingerprint density at radius 2 is 2.05 bits per heavy atom. The third kappa shape index (κ3) is 3.61. The van der Waals surface area contributed by atoms with Crippen LogP contribution in [0.1, 0.15) is 26.7 Å². The largest absolute Gasteiger partial charge is 0.401 e. The molecule has 0 bridgehead atoms. The Kier molecular flexibility index (Phi) is 4.14. The van der Waals surface area contributed by atoms with Gasteiger partial charge >= 0.3 is 6.18 Å². The topological polar surface area (TPSA) is 35.5 Å². The van der Waals surface area contributed by atoms with Gasteiger partial charge in [-0.05, 0) is 31.8 Å². The third-order valence-electron chi connectivity index (χ3n) is 4.64. The first-order chi connectivity index (χ1) is 8.68. The van der Waals surface area contributed by atoms with E-state index in [-0.39, 0.29) is 23.5 Å². The van der Waals surface area contributed by atoms with Crippen LogP contribution in [0.15, 0.2) is 0 Å². The van der Waals surface area contributed by atoms with E-state index in [1.165, 1.54) is 4.90 Å². The molecule has 3 nitrogen and oxygen atoms in total. The number of aliphatic hydroxyl groups excluding tert-OH is 1. The molecule has 112 valence electrons. The molecule has 2 rings (SSSR count). The van der Waals surface area contributed by atoms with Gasteiger partial charge in [-0.25, -0.2) is 0 Å². The van der Waals surface area contributed by atoms with Crippen LogP contribution in [0.4, 0.5) is 13.2 Å². The Morgan fingerprint density at radius 3 is 2.58 bits per heavy atom. The molecule has 3 unspecified atom stereocenters. The number of aliphatic hydroxyl groups is 1. The van der Waals surface area contributed by atoms with Crippen LogP contribution in [0.3, 0.4) is 0 Å². The van der Waals surface area contributed by atoms with Crippen LogP contribution in [0, 0.1) is 11.3 Å². The van der Waals surface area contributed by atoms with Crippen molar-refractivity contribution in [3.8, 4) is 0 Å². The number of likely N-dealkylation sites (tertiary alicyclic amines) is 1. The average molecular weight is 280 g/mol. The summed E-state index contributed by atoms with van der Waals surface area (Å²) in [6.07, 6.45) is -2.80. The molecule has 2 N–H and O–H groups in total. The predicted octanol–water partition coefficient (Wildman–Crippen LogP) is 1.62. The smallest absolute Gasteiger partial charge is 0.392 e. The van der Waals surface area contributed by atoms with Gasteiger partial charge in [0, 0.05) is 18.0 Å². The van der Waals surface area contributed by atoms with Crippen molar-refractivity contribution in [2.75, 3.05) is 26.2 Å². The van der Waals surface area contributed by atoms with Crippen LogP contribution >= 0.6 is 0 Å². The molecule has 0 radical (unpaired) electrons. The molecule has 3 atom stereocenters. The van der Waals surface area contributed by atoms with Crippen molar-refractivity contribution in [1.82, 2.24) is 10.2 Å². The summed E-state index contributed by atoms with van der Waals surface area (Å²) < 4.78 is 36.8. The van der Waals surface area contributed by atoms with Gasteiger partial charge in [0.25, 0.3) is 0 Å². The second-order valence-corrected chi connectivity index (χ2v) is 6.54. The van der Waals surface area contributed by atoms with Crippen LogP contribution in [0.25, 0.3) is 0 Å². The van der Waals surface area contributed by atoms with Crippen LogP contribution < -0.4 is 5.32 Å². The summed E-state index contributed by atoms with van der Waals surface area (Å²) in [5, 5.41) is 13.0. The molecule has 1 saturated carbocycles. The highest BCUT2D eigenvalue weighted by Crippen LogP contribution is 2.40. The summed E-state index contributed by atoms with van der Waals surface area (Å²) in [5.41, 5.74) is -0.121. The van der Waals surface area contributed by atoms with Gasteiger partial charge in [0.2, 0.25) is 0 Å². The first kappa shape index (κ1) is 15.1. The number of hydrogen-bond acceptors (Lipinski definition) is 3. The zero-order valence-electron chi connectivity index (χ0n) is 11.5. The number of hydrogen-bond donors (Lipinski definition) is 2. The minimum atomic E-state index is -4.09. The lowest BCUT2D eigenvalue weighted by Gasteiger charge is -2.50. The fraction of sp³-hybridized carbons (Fsp3) is 1.00. The van der Waals surface area contributed by atoms with Crippen LogP contribution in [0.2, 0.25) is 0 Å². The Morgan fingerprint density at radius 1 is 1.37 bits per heavy atom. The summed E-state index contributed by atoms with van der Waals surface area (Å²) >= 11 is 0. The van der Waals surface area contributed by atoms with E-state index in [2.05, 4.69) is 5.32 Å². The molecular formula is C13H23F3N2O. The highest BCUT2D eigenvalue weighted by atomic mass is 19.4. The Labute approximate surface area is 112 Å². The minimum absolute atomic E-state index is 0.121. The van der Waals surface area contributed by atoms with E-state index in [9.17, 15) is 18.3 Å². The lowest BCUT2D eigenvalue weighted by Crippen LogP contribution is -2.60. The molecule has 1 heterocycles. The predicted molar refractivity (Wildman–Crippen MR) is 66.8 cm³/mol. The molecule has 0 spiro atoms. The van der Waals surface area contributed by atoms with Gasteiger partial charge in [0.1, 0.15) is 0 Å². The summed E-state index contributed by atoms with van der Waals surface area (Å²) in [7, 11) is 0. The average Bonchev–Trinajstić information content (AvgIpc) is 2.69. The Balaban J connectivity index is 1.69. The van der Waals surface area contributed by atoms with Crippen LogP contribution in [-0.4, -0.2) is 54.5 Å². The van der Waals surface area contributed by atoms with E-state index >= 15 is 0 Å². The number of halogens is 3. The monoisotopic (exact) mass is 280 g/mol. The quantitative estimate of drug-likeness (QED) is 0.821. The summed E-state index contributed by atoms with van der Waals surface area (Å²) in [6, 6.07) is 0.277. The molecule has 0 aromatic carbocycles. The van der Waals surface area contributed by atoms with Crippen molar-refractivity contribution in [2.45, 2.75) is 45.0 Å². The van der Waals surface area contributed by atoms with Gasteiger partial charge in [-0.15, -0.1) is 0 Å². The molecule has 0 aromatic heterocycles. The van der Waals surface area contributed by atoms with Gasteiger partial charge < -0.3 is 10.4 Å². The molecule has 1 aliphatic carbocycles. The molecule has 6 heteroatoms. The van der Waals surface area contributed by atoms with Gasteiger partial charge in [-0.2, -0.15) is 13.2 Å². The lowest BCUT2D eigenvalue weighted by molar-refractivity contribution is -0.143. The third-order valence-corrected chi connectivity index (χ3v) is 4.64. The lowest BCUT2D eigenvalue weighted by atomic mass is 9.64. The van der Waals surface area contributed by atoms with Crippen molar-refractivity contribution in [3.63, 3.8) is 0 Å². The number of nitrogens with one attached hydrogen (secondary N) is 1. The molecule has 0 amide bonds. The second kappa shape index (κ2) is 5.22. The van der Waals surface area contributed by atoms with E-state index in [1.54, 1.807) is 0 Å². The number of rotatable bonds is 4. The second-order valence-electron chi connectivity index (χ2n) is 6.54. The Bertz CT molecular complexity index is 320. The Hall–Kier alpha value is -0.330. The van der Waals surface area contributed by atoms with Gasteiger partial charge in [-0.3, -0.25) is 4.90 Å². The molecule has 19 heavy (non-hydrogen) atoms. The van der Waals surface area contributed by atoms with E-state index < -0.39 is 12.7 Å². The zero-order chi connectivity index (χ0) is 14.3. The maximum atomic E-state index is 12.3. The highest BCUT2D eigenvalue weighted by Gasteiger charge is 2.47. The molecule has 2 aliphatic rings. The van der Waals surface area contributed by atoms with E-state index in [0.29, 0.717) is 13.1 Å². The van der Waals surface area contributed by atoms with Crippen LogP contribution in [-0.2, 0) is 0 Å². The summed E-state index contributed by atoms with van der Waals surface area (Å²) in [4.78, 5) is 1.48. The number of alkyl halides is 3. The van der Waals surface area contributed by atoms with E-state index in [4.69, 9.17) is 0 Å². The van der Waals surface area contributed by atoms with Crippen molar-refractivity contribution in [1.29, 1.82) is 0 Å². The highest BCUT2D eigenvalue weighted by molar-refractivity contribution is 5.02. The first-order valence-electron chi connectivity index (χ1n) is 6.89. The van der Waals surface area contributed by atoms with E-state index in [1.807, 2.05) is 13.8 Å². The minimum Gasteiger partial charge on any atom is -0.392 e. The van der Waals surface area contributed by atoms with Crippen molar-refractivity contribution < 1.29 is 18.3 Å². The SMILES string of the molecule is CC1(C)C(O)CC1NCC1CCN(CC(F)(F)F)C1. The molecule has 0 aromatic rings. The van der Waals surface area contributed by atoms with Gasteiger partial charge in [0.15, 0.2) is 0 Å². The van der Waals surface area contributed by atoms with Gasteiger partial charge in [-0.1, -0.05) is 13.8 Å². The van der Waals surface area contributed by atoms with Crippen LogP contribution in [0.5, 0.6) is 0 Å². The fourth-order valence-corrected chi connectivity index (χ4v) is 3.03.